The van der Waals surface area contributed by atoms with Crippen LogP contribution in [0.15, 0.2) is 66.7 Å². The van der Waals surface area contributed by atoms with Gasteiger partial charge in [-0.15, -0.1) is 0 Å². The number of hydrogen-bond acceptors (Lipinski definition) is 6. The molecule has 0 radical (unpaired) electrons. The molecule has 6 rings (SSSR count). The highest BCUT2D eigenvalue weighted by molar-refractivity contribution is 6.01. The third kappa shape index (κ3) is 6.52. The van der Waals surface area contributed by atoms with Gasteiger partial charge in [0.1, 0.15) is 23.7 Å². The fourth-order valence-corrected chi connectivity index (χ4v) is 6.23. The summed E-state index contributed by atoms with van der Waals surface area (Å²) >= 11 is 0. The lowest BCUT2D eigenvalue weighted by molar-refractivity contribution is -0.137. The molecule has 0 aliphatic carbocycles. The Morgan fingerprint density at radius 2 is 1.91 bits per heavy atom. The van der Waals surface area contributed by atoms with Crippen molar-refractivity contribution in [2.75, 3.05) is 31.6 Å². The summed E-state index contributed by atoms with van der Waals surface area (Å²) in [6, 6.07) is 23.7. The second-order valence-electron chi connectivity index (χ2n) is 12.4. The molecule has 4 aromatic rings. The number of nitrogens with zero attached hydrogens (tertiary/aromatic N) is 2. The van der Waals surface area contributed by atoms with Crippen molar-refractivity contribution in [1.29, 1.82) is 5.26 Å². The Hall–Kier alpha value is -4.81. The highest BCUT2D eigenvalue weighted by atomic mass is 16.5. The molecule has 1 atom stereocenters. The van der Waals surface area contributed by atoms with Gasteiger partial charge in [-0.05, 0) is 61.0 Å². The molecule has 3 aromatic carbocycles. The van der Waals surface area contributed by atoms with Gasteiger partial charge < -0.3 is 30.0 Å². The topological polar surface area (TPSA) is 119 Å². The second kappa shape index (κ2) is 12.7. The van der Waals surface area contributed by atoms with Crippen molar-refractivity contribution in [3.63, 3.8) is 0 Å². The molecule has 0 unspecified atom stereocenters. The van der Waals surface area contributed by atoms with Crippen LogP contribution in [0.3, 0.4) is 0 Å². The van der Waals surface area contributed by atoms with Gasteiger partial charge in [-0.3, -0.25) is 9.59 Å². The van der Waals surface area contributed by atoms with Gasteiger partial charge in [-0.25, -0.2) is 0 Å². The third-order valence-corrected chi connectivity index (χ3v) is 8.73. The van der Waals surface area contributed by atoms with Gasteiger partial charge in [-0.1, -0.05) is 32.0 Å². The van der Waals surface area contributed by atoms with Crippen LogP contribution in [0.2, 0.25) is 0 Å². The van der Waals surface area contributed by atoms with Crippen LogP contribution in [0, 0.1) is 11.3 Å². The number of H-pyrrole nitrogens is 1. The first-order chi connectivity index (χ1) is 21.7. The van der Waals surface area contributed by atoms with E-state index in [0.717, 1.165) is 40.0 Å². The van der Waals surface area contributed by atoms with E-state index in [1.165, 1.54) is 0 Å². The first-order valence-electron chi connectivity index (χ1n) is 15.6. The number of carbonyl (C=O) groups excluding carboxylic acids is 2. The maximum absolute atomic E-state index is 13.9. The monoisotopic (exact) mass is 605 g/mol. The molecule has 232 valence electrons. The van der Waals surface area contributed by atoms with Gasteiger partial charge >= 0.3 is 0 Å². The number of nitriles is 1. The van der Waals surface area contributed by atoms with Gasteiger partial charge in [0.05, 0.1) is 23.2 Å². The van der Waals surface area contributed by atoms with Gasteiger partial charge in [0.15, 0.2) is 0 Å². The van der Waals surface area contributed by atoms with Gasteiger partial charge in [0.25, 0.3) is 0 Å². The zero-order valence-corrected chi connectivity index (χ0v) is 26.0. The number of aromatic amines is 1. The van der Waals surface area contributed by atoms with E-state index >= 15 is 0 Å². The van der Waals surface area contributed by atoms with Crippen LogP contribution >= 0.6 is 0 Å². The number of piperidine rings is 1. The van der Waals surface area contributed by atoms with E-state index in [4.69, 9.17) is 9.47 Å². The Bertz CT molecular complexity index is 1760. The SMILES string of the molecule is CC(C)NCCOc1ccc2c(c1)[C@@H](C(=O)N1CCC(C)(Oc3ccccc3-c3cc4c(C#N)cccc4[nH]3)CC1)CC(=O)N2. The number of rotatable bonds is 9. The molecule has 2 aliphatic rings. The quantitative estimate of drug-likeness (QED) is 0.202. The van der Waals surface area contributed by atoms with Crippen molar-refractivity contribution >= 4 is 28.4 Å². The number of aromatic nitrogens is 1. The Morgan fingerprint density at radius 1 is 1.11 bits per heavy atom. The predicted octanol–water partition coefficient (Wildman–Crippen LogP) is 5.97. The van der Waals surface area contributed by atoms with E-state index in [2.05, 4.69) is 42.5 Å². The predicted molar refractivity (Wildman–Crippen MR) is 174 cm³/mol. The van der Waals surface area contributed by atoms with E-state index in [1.54, 1.807) is 0 Å². The Balaban J connectivity index is 1.14. The highest BCUT2D eigenvalue weighted by Crippen LogP contribution is 2.39. The summed E-state index contributed by atoms with van der Waals surface area (Å²) in [6.07, 6.45) is 1.41. The van der Waals surface area contributed by atoms with Crippen LogP contribution in [0.4, 0.5) is 5.69 Å². The summed E-state index contributed by atoms with van der Waals surface area (Å²) in [5, 5.41) is 16.7. The molecule has 9 heteroatoms. The summed E-state index contributed by atoms with van der Waals surface area (Å²) in [5.41, 5.74) is 4.30. The smallest absolute Gasteiger partial charge is 0.230 e. The van der Waals surface area contributed by atoms with Crippen molar-refractivity contribution in [2.45, 2.75) is 57.6 Å². The summed E-state index contributed by atoms with van der Waals surface area (Å²) in [5.74, 6) is 0.677. The molecule has 2 amide bonds. The molecule has 0 bridgehead atoms. The Labute approximate surface area is 263 Å². The van der Waals surface area contributed by atoms with Crippen LogP contribution < -0.4 is 20.1 Å². The van der Waals surface area contributed by atoms with Crippen molar-refractivity contribution in [3.8, 4) is 28.8 Å². The number of nitrogens with one attached hydrogen (secondary N) is 3. The first-order valence-corrected chi connectivity index (χ1v) is 15.6. The van der Waals surface area contributed by atoms with Crippen molar-refractivity contribution in [1.82, 2.24) is 15.2 Å². The molecule has 2 aliphatic heterocycles. The number of carbonyl (C=O) groups is 2. The number of fused-ring (bicyclic) bond motifs is 2. The Kier molecular flexibility index (Phi) is 8.50. The normalized spacial score (nSPS) is 17.4. The summed E-state index contributed by atoms with van der Waals surface area (Å²) in [7, 11) is 0. The summed E-state index contributed by atoms with van der Waals surface area (Å²) in [6.45, 7) is 8.55. The van der Waals surface area contributed by atoms with E-state index in [9.17, 15) is 14.9 Å². The van der Waals surface area contributed by atoms with Crippen LogP contribution in [-0.4, -0.2) is 59.6 Å². The molecule has 1 aromatic heterocycles. The minimum absolute atomic E-state index is 0.0430. The second-order valence-corrected chi connectivity index (χ2v) is 12.4. The zero-order chi connectivity index (χ0) is 31.6. The van der Waals surface area contributed by atoms with E-state index in [1.807, 2.05) is 71.6 Å². The zero-order valence-electron chi connectivity index (χ0n) is 26.0. The average Bonchev–Trinajstić information content (AvgIpc) is 3.47. The van der Waals surface area contributed by atoms with Crippen LogP contribution in [0.25, 0.3) is 22.2 Å². The van der Waals surface area contributed by atoms with Crippen LogP contribution in [-0.2, 0) is 9.59 Å². The molecule has 1 saturated heterocycles. The lowest BCUT2D eigenvalue weighted by Crippen LogP contribution is -2.49. The molecule has 3 heterocycles. The van der Waals surface area contributed by atoms with Crippen LogP contribution in [0.1, 0.15) is 57.1 Å². The summed E-state index contributed by atoms with van der Waals surface area (Å²) < 4.78 is 12.6. The first kappa shape index (κ1) is 30.2. The van der Waals surface area contributed by atoms with Gasteiger partial charge in [0.2, 0.25) is 11.8 Å². The maximum atomic E-state index is 13.9. The molecule has 45 heavy (non-hydrogen) atoms. The number of benzene rings is 3. The van der Waals surface area contributed by atoms with Crippen molar-refractivity contribution in [3.05, 3.63) is 77.9 Å². The number of hydrogen-bond donors (Lipinski definition) is 3. The lowest BCUT2D eigenvalue weighted by Gasteiger charge is -2.41. The molecule has 1 fully saturated rings. The maximum Gasteiger partial charge on any atom is 0.230 e. The number of amides is 2. The van der Waals surface area contributed by atoms with Crippen molar-refractivity contribution < 1.29 is 19.1 Å². The minimum atomic E-state index is -0.558. The van der Waals surface area contributed by atoms with Gasteiger partial charge in [-0.2, -0.15) is 5.26 Å². The lowest BCUT2D eigenvalue weighted by atomic mass is 9.87. The number of ether oxygens (including phenoxy) is 2. The third-order valence-electron chi connectivity index (χ3n) is 8.73. The highest BCUT2D eigenvalue weighted by Gasteiger charge is 2.39. The van der Waals surface area contributed by atoms with Gasteiger partial charge in [0, 0.05) is 67.1 Å². The van der Waals surface area contributed by atoms with Crippen LogP contribution in [0.5, 0.6) is 11.5 Å². The number of likely N-dealkylation sites (tertiary alicyclic amines) is 1. The van der Waals surface area contributed by atoms with E-state index in [-0.39, 0.29) is 18.2 Å². The Morgan fingerprint density at radius 3 is 2.69 bits per heavy atom. The largest absolute Gasteiger partial charge is 0.492 e. The average molecular weight is 606 g/mol. The molecule has 9 nitrogen and oxygen atoms in total. The standard InChI is InChI=1S/C36H39N5O4/c1-23(2)38-15-18-44-25-11-12-31-28(19-25)29(21-34(42)40-31)35(43)41-16-13-36(3,14-17-41)45-33-10-5-4-8-26(33)32-20-27-24(22-37)7-6-9-30(27)39-32/h4-12,19-20,23,29,38-39H,13-18,21H2,1-3H3,(H,40,42)/t29-/m0/s1. The molecule has 3 N–H and O–H groups in total. The fourth-order valence-electron chi connectivity index (χ4n) is 6.23. The molecular formula is C36H39N5O4. The van der Waals surface area contributed by atoms with Crippen molar-refractivity contribution in [2.24, 2.45) is 0 Å². The number of para-hydroxylation sites is 1. The van der Waals surface area contributed by atoms with E-state index in [0.29, 0.717) is 55.6 Å². The minimum Gasteiger partial charge on any atom is -0.492 e. The molecule has 0 spiro atoms. The fraction of sp³-hybridized carbons (Fsp3) is 0.361. The number of anilines is 1. The molecular weight excluding hydrogens is 566 g/mol. The van der Waals surface area contributed by atoms with E-state index < -0.39 is 11.5 Å². The summed E-state index contributed by atoms with van der Waals surface area (Å²) in [4.78, 5) is 31.8. The molecule has 0 saturated carbocycles.